The van der Waals surface area contributed by atoms with Crippen molar-refractivity contribution in [1.29, 1.82) is 0 Å². The topological polar surface area (TPSA) is 63.7 Å². The Morgan fingerprint density at radius 2 is 1.92 bits per heavy atom. The molecule has 1 amide bonds. The van der Waals surface area contributed by atoms with E-state index in [1.165, 1.54) is 0 Å². The van der Waals surface area contributed by atoms with Gasteiger partial charge in [0.05, 0.1) is 25.1 Å². The lowest BCUT2D eigenvalue weighted by atomic mass is 10.0. The smallest absolute Gasteiger partial charge is 0.255 e. The number of benzene rings is 1. The average molecular weight is 374 g/mol. The van der Waals surface area contributed by atoms with Gasteiger partial charge in [-0.25, -0.2) is 4.98 Å². The molecule has 2 fully saturated rings. The highest BCUT2D eigenvalue weighted by Crippen LogP contribution is 2.32. The van der Waals surface area contributed by atoms with Crippen molar-refractivity contribution in [2.45, 2.75) is 18.6 Å². The number of pyridine rings is 1. The number of ether oxygens (including phenoxy) is 2. The average Bonchev–Trinajstić information content (AvgIpc) is 3.11. The van der Waals surface area contributed by atoms with Crippen LogP contribution in [0.5, 0.6) is 0 Å². The predicted molar refractivity (Wildman–Crippen MR) is 99.7 cm³/mol. The van der Waals surface area contributed by atoms with Gasteiger partial charge in [-0.05, 0) is 30.3 Å². The van der Waals surface area contributed by atoms with Crippen LogP contribution in [0, 0.1) is 0 Å². The van der Waals surface area contributed by atoms with E-state index in [4.69, 9.17) is 21.1 Å². The third-order valence-corrected chi connectivity index (χ3v) is 4.99. The maximum Gasteiger partial charge on any atom is 0.255 e. The van der Waals surface area contributed by atoms with Crippen LogP contribution in [0.1, 0.15) is 23.2 Å². The quantitative estimate of drug-likeness (QED) is 0.894. The van der Waals surface area contributed by atoms with E-state index in [0.29, 0.717) is 29.5 Å². The number of aromatic nitrogens is 1. The van der Waals surface area contributed by atoms with E-state index in [2.05, 4.69) is 15.2 Å². The second-order valence-corrected chi connectivity index (χ2v) is 6.90. The number of carbonyl (C=O) groups excluding carboxylic acids is 1. The van der Waals surface area contributed by atoms with Crippen LogP contribution in [0.15, 0.2) is 42.6 Å². The number of nitrogens with zero attached hydrogens (tertiary/aromatic N) is 2. The molecule has 26 heavy (non-hydrogen) atoms. The van der Waals surface area contributed by atoms with Gasteiger partial charge in [-0.3, -0.25) is 4.79 Å². The summed E-state index contributed by atoms with van der Waals surface area (Å²) in [6, 6.07) is 10.6. The lowest BCUT2D eigenvalue weighted by molar-refractivity contribution is -0.169. The molecule has 1 aromatic heterocycles. The normalized spacial score (nSPS) is 18.9. The predicted octanol–water partition coefficient (Wildman–Crippen LogP) is 3.33. The number of piperidine rings is 1. The fourth-order valence-corrected chi connectivity index (χ4v) is 3.53. The number of rotatable bonds is 3. The standard InChI is InChI=1S/C19H20ClN3O3/c20-15-3-1-2-14(12-15)18(24)22-16-4-5-17(21-13-16)23-8-6-19(7-9-23)25-10-11-26-19/h1-5,12-13H,6-11H2,(H,22,24). The summed E-state index contributed by atoms with van der Waals surface area (Å²) < 4.78 is 11.5. The van der Waals surface area contributed by atoms with Crippen LogP contribution in [-0.2, 0) is 9.47 Å². The zero-order valence-electron chi connectivity index (χ0n) is 14.3. The first-order valence-corrected chi connectivity index (χ1v) is 9.07. The van der Waals surface area contributed by atoms with Crippen molar-refractivity contribution in [3.8, 4) is 0 Å². The molecule has 2 aliphatic heterocycles. The molecule has 136 valence electrons. The van der Waals surface area contributed by atoms with Crippen LogP contribution >= 0.6 is 11.6 Å². The van der Waals surface area contributed by atoms with Crippen LogP contribution in [-0.4, -0.2) is 43.0 Å². The molecule has 0 radical (unpaired) electrons. The highest BCUT2D eigenvalue weighted by Gasteiger charge is 2.39. The molecule has 1 N–H and O–H groups in total. The summed E-state index contributed by atoms with van der Waals surface area (Å²) in [5.74, 6) is 0.289. The molecule has 0 bridgehead atoms. The Balaban J connectivity index is 1.37. The van der Waals surface area contributed by atoms with Gasteiger partial charge < -0.3 is 19.7 Å². The van der Waals surface area contributed by atoms with Crippen molar-refractivity contribution < 1.29 is 14.3 Å². The molecule has 0 unspecified atom stereocenters. The first-order valence-electron chi connectivity index (χ1n) is 8.69. The van der Waals surface area contributed by atoms with Gasteiger partial charge in [0, 0.05) is 36.5 Å². The highest BCUT2D eigenvalue weighted by atomic mass is 35.5. The minimum atomic E-state index is -0.388. The SMILES string of the molecule is O=C(Nc1ccc(N2CCC3(CC2)OCCO3)nc1)c1cccc(Cl)c1. The van der Waals surface area contributed by atoms with Crippen molar-refractivity contribution in [3.05, 3.63) is 53.2 Å². The molecule has 0 atom stereocenters. The summed E-state index contributed by atoms with van der Waals surface area (Å²) >= 11 is 5.93. The van der Waals surface area contributed by atoms with E-state index < -0.39 is 0 Å². The maximum atomic E-state index is 12.3. The minimum absolute atomic E-state index is 0.211. The summed E-state index contributed by atoms with van der Waals surface area (Å²) in [4.78, 5) is 19.0. The zero-order chi connectivity index (χ0) is 18.0. The number of halogens is 1. The Hall–Kier alpha value is -2.15. The number of hydrogen-bond acceptors (Lipinski definition) is 5. The van der Waals surface area contributed by atoms with Gasteiger partial charge in [-0.1, -0.05) is 17.7 Å². The van der Waals surface area contributed by atoms with Crippen molar-refractivity contribution in [2.24, 2.45) is 0 Å². The Morgan fingerprint density at radius 1 is 1.15 bits per heavy atom. The third kappa shape index (κ3) is 3.67. The lowest BCUT2D eigenvalue weighted by Crippen LogP contribution is -2.45. The number of hydrogen-bond donors (Lipinski definition) is 1. The van der Waals surface area contributed by atoms with E-state index >= 15 is 0 Å². The summed E-state index contributed by atoms with van der Waals surface area (Å²) in [7, 11) is 0. The van der Waals surface area contributed by atoms with E-state index in [0.717, 1.165) is 31.7 Å². The summed E-state index contributed by atoms with van der Waals surface area (Å²) in [6.45, 7) is 3.03. The van der Waals surface area contributed by atoms with Crippen molar-refractivity contribution in [1.82, 2.24) is 4.98 Å². The highest BCUT2D eigenvalue weighted by molar-refractivity contribution is 6.31. The largest absolute Gasteiger partial charge is 0.356 e. The molecule has 1 aromatic carbocycles. The van der Waals surface area contributed by atoms with E-state index in [-0.39, 0.29) is 11.7 Å². The first-order chi connectivity index (χ1) is 12.6. The van der Waals surface area contributed by atoms with Crippen LogP contribution in [0.25, 0.3) is 0 Å². The van der Waals surface area contributed by atoms with Gasteiger partial charge in [-0.15, -0.1) is 0 Å². The fourth-order valence-electron chi connectivity index (χ4n) is 3.34. The summed E-state index contributed by atoms with van der Waals surface area (Å²) in [6.07, 6.45) is 3.34. The van der Waals surface area contributed by atoms with Crippen LogP contribution in [0.2, 0.25) is 5.02 Å². The second-order valence-electron chi connectivity index (χ2n) is 6.46. The fraction of sp³-hybridized carbons (Fsp3) is 0.368. The molecule has 1 spiro atoms. The molecular formula is C19H20ClN3O3. The number of nitrogens with one attached hydrogen (secondary N) is 1. The van der Waals surface area contributed by atoms with Crippen molar-refractivity contribution >= 4 is 29.0 Å². The van der Waals surface area contributed by atoms with Gasteiger partial charge in [0.15, 0.2) is 5.79 Å². The molecule has 4 rings (SSSR count). The van der Waals surface area contributed by atoms with Gasteiger partial charge in [0.25, 0.3) is 5.91 Å². The van der Waals surface area contributed by atoms with E-state index in [1.807, 2.05) is 12.1 Å². The number of carbonyl (C=O) groups is 1. The van der Waals surface area contributed by atoms with Crippen LogP contribution in [0.4, 0.5) is 11.5 Å². The Labute approximate surface area is 157 Å². The van der Waals surface area contributed by atoms with E-state index in [9.17, 15) is 4.79 Å². The Morgan fingerprint density at radius 3 is 2.58 bits per heavy atom. The molecule has 0 aliphatic carbocycles. The second kappa shape index (κ2) is 7.23. The Bertz CT molecular complexity index is 781. The maximum absolute atomic E-state index is 12.3. The van der Waals surface area contributed by atoms with Gasteiger partial charge in [0.2, 0.25) is 0 Å². The molecule has 0 saturated carbocycles. The lowest BCUT2D eigenvalue weighted by Gasteiger charge is -2.38. The molecule has 3 heterocycles. The zero-order valence-corrected chi connectivity index (χ0v) is 15.0. The summed E-state index contributed by atoms with van der Waals surface area (Å²) in [5.41, 5.74) is 1.16. The summed E-state index contributed by atoms with van der Waals surface area (Å²) in [5, 5.41) is 3.37. The molecule has 2 saturated heterocycles. The monoisotopic (exact) mass is 373 g/mol. The van der Waals surface area contributed by atoms with E-state index in [1.54, 1.807) is 30.5 Å². The molecule has 6 nitrogen and oxygen atoms in total. The van der Waals surface area contributed by atoms with Gasteiger partial charge in [0.1, 0.15) is 5.82 Å². The molecule has 2 aromatic rings. The molecule has 2 aliphatic rings. The molecular weight excluding hydrogens is 354 g/mol. The van der Waals surface area contributed by atoms with Crippen molar-refractivity contribution in [3.63, 3.8) is 0 Å². The van der Waals surface area contributed by atoms with Crippen LogP contribution in [0.3, 0.4) is 0 Å². The Kier molecular flexibility index (Phi) is 4.80. The van der Waals surface area contributed by atoms with Gasteiger partial charge >= 0.3 is 0 Å². The van der Waals surface area contributed by atoms with Crippen molar-refractivity contribution in [2.75, 3.05) is 36.5 Å². The third-order valence-electron chi connectivity index (χ3n) is 4.76. The van der Waals surface area contributed by atoms with Crippen LogP contribution < -0.4 is 10.2 Å². The molecule has 7 heteroatoms. The number of anilines is 2. The minimum Gasteiger partial charge on any atom is -0.356 e. The number of amides is 1. The first kappa shape index (κ1) is 17.3. The van der Waals surface area contributed by atoms with Gasteiger partial charge in [-0.2, -0.15) is 0 Å².